The topological polar surface area (TPSA) is 67.2 Å². The van der Waals surface area contributed by atoms with Crippen LogP contribution in [0.3, 0.4) is 0 Å². The summed E-state index contributed by atoms with van der Waals surface area (Å²) in [6.07, 6.45) is 0. The molecule has 23 heavy (non-hydrogen) atoms. The smallest absolute Gasteiger partial charge is 0.345 e. The molecule has 0 aliphatic carbocycles. The predicted molar refractivity (Wildman–Crippen MR) is 87.0 cm³/mol. The van der Waals surface area contributed by atoms with E-state index < -0.39 is 5.97 Å². The molecule has 2 aromatic carbocycles. The molecule has 0 N–H and O–H groups in total. The molecule has 0 aromatic heterocycles. The monoisotopic (exact) mass is 327 g/mol. The number of benzene rings is 2. The van der Waals surface area contributed by atoms with Gasteiger partial charge in [0, 0.05) is 0 Å². The van der Waals surface area contributed by atoms with E-state index in [9.17, 15) is 14.9 Å². The molecule has 0 radical (unpaired) electrons. The summed E-state index contributed by atoms with van der Waals surface area (Å²) in [7, 11) is 0. The Morgan fingerprint density at radius 3 is 2.39 bits per heavy atom. The molecule has 0 saturated carbocycles. The van der Waals surface area contributed by atoms with E-state index in [1.807, 2.05) is 6.07 Å². The van der Waals surface area contributed by atoms with E-state index in [1.54, 1.807) is 38.1 Å². The van der Waals surface area contributed by atoms with Crippen LogP contribution in [0.15, 0.2) is 30.3 Å². The van der Waals surface area contributed by atoms with Crippen molar-refractivity contribution in [1.29, 1.82) is 5.26 Å². The van der Waals surface area contributed by atoms with Crippen LogP contribution in [0.1, 0.15) is 44.3 Å². The zero-order valence-electron chi connectivity index (χ0n) is 12.9. The summed E-state index contributed by atoms with van der Waals surface area (Å²) >= 11 is 5.99. The maximum atomic E-state index is 12.3. The molecule has 116 valence electrons. The van der Waals surface area contributed by atoms with Crippen molar-refractivity contribution in [3.8, 4) is 11.8 Å². The Labute approximate surface area is 139 Å². The highest BCUT2D eigenvalue weighted by molar-refractivity contribution is 6.33. The Morgan fingerprint density at radius 2 is 1.83 bits per heavy atom. The Kier molecular flexibility index (Phi) is 4.83. The third-order valence-electron chi connectivity index (χ3n) is 3.58. The first-order valence-corrected chi connectivity index (χ1v) is 7.26. The number of carbonyl (C=O) groups is 2. The van der Waals surface area contributed by atoms with Gasteiger partial charge in [0.25, 0.3) is 0 Å². The maximum absolute atomic E-state index is 12.3. The van der Waals surface area contributed by atoms with Crippen molar-refractivity contribution in [1.82, 2.24) is 0 Å². The Bertz CT molecular complexity index is 850. The van der Waals surface area contributed by atoms with E-state index in [-0.39, 0.29) is 33.2 Å². The van der Waals surface area contributed by atoms with Gasteiger partial charge >= 0.3 is 5.97 Å². The van der Waals surface area contributed by atoms with Crippen LogP contribution in [0.25, 0.3) is 0 Å². The van der Waals surface area contributed by atoms with Crippen molar-refractivity contribution in [3.63, 3.8) is 0 Å². The van der Waals surface area contributed by atoms with Gasteiger partial charge in [0.1, 0.15) is 6.07 Å². The number of halogens is 1. The van der Waals surface area contributed by atoms with Crippen molar-refractivity contribution in [2.24, 2.45) is 0 Å². The molecule has 0 spiro atoms. The van der Waals surface area contributed by atoms with Gasteiger partial charge in [-0.15, -0.1) is 0 Å². The lowest BCUT2D eigenvalue weighted by atomic mass is 9.97. The van der Waals surface area contributed by atoms with Crippen LogP contribution in [-0.4, -0.2) is 11.8 Å². The highest BCUT2D eigenvalue weighted by Crippen LogP contribution is 2.31. The molecular weight excluding hydrogens is 314 g/mol. The minimum Gasteiger partial charge on any atom is -0.421 e. The van der Waals surface area contributed by atoms with Crippen molar-refractivity contribution in [3.05, 3.63) is 63.2 Å². The Morgan fingerprint density at radius 1 is 1.17 bits per heavy atom. The van der Waals surface area contributed by atoms with Gasteiger partial charge in [-0.25, -0.2) is 4.79 Å². The molecule has 0 aliphatic rings. The van der Waals surface area contributed by atoms with Crippen LogP contribution in [-0.2, 0) is 0 Å². The van der Waals surface area contributed by atoms with Gasteiger partial charge in [0.15, 0.2) is 11.5 Å². The minimum absolute atomic E-state index is 0.0204. The summed E-state index contributed by atoms with van der Waals surface area (Å²) in [5.41, 5.74) is 2.00. The summed E-state index contributed by atoms with van der Waals surface area (Å²) in [6.45, 7) is 4.89. The van der Waals surface area contributed by atoms with E-state index in [0.717, 1.165) is 5.56 Å². The van der Waals surface area contributed by atoms with Gasteiger partial charge in [0.05, 0.1) is 21.7 Å². The maximum Gasteiger partial charge on any atom is 0.345 e. The molecular formula is C18H14ClNO3. The number of esters is 1. The third kappa shape index (κ3) is 3.25. The number of hydrogen-bond acceptors (Lipinski definition) is 4. The molecule has 0 saturated heterocycles. The number of nitriles is 1. The molecule has 2 aromatic rings. The predicted octanol–water partition coefficient (Wildman–Crippen LogP) is 4.25. The Balaban J connectivity index is 2.57. The van der Waals surface area contributed by atoms with Gasteiger partial charge in [-0.3, -0.25) is 4.79 Å². The number of hydrogen-bond donors (Lipinski definition) is 0. The number of nitrogens with zero attached hydrogens (tertiary/aromatic N) is 1. The minimum atomic E-state index is -0.710. The summed E-state index contributed by atoms with van der Waals surface area (Å²) in [4.78, 5) is 24.2. The van der Waals surface area contributed by atoms with Gasteiger partial charge < -0.3 is 4.74 Å². The lowest BCUT2D eigenvalue weighted by Gasteiger charge is -2.14. The fourth-order valence-corrected chi connectivity index (χ4v) is 2.38. The molecule has 0 unspecified atom stereocenters. The normalized spacial score (nSPS) is 10.0. The number of ketones is 1. The number of carbonyl (C=O) groups excluding carboxylic acids is 2. The fraction of sp³-hybridized carbons (Fsp3) is 0.167. The summed E-state index contributed by atoms with van der Waals surface area (Å²) < 4.78 is 5.36. The average Bonchev–Trinajstić information content (AvgIpc) is 2.51. The molecule has 0 fully saturated rings. The number of rotatable bonds is 3. The average molecular weight is 328 g/mol. The van der Waals surface area contributed by atoms with Crippen LogP contribution in [0.2, 0.25) is 5.02 Å². The molecule has 5 heteroatoms. The SMILES string of the molecule is CC(=O)c1cc(C)c(C)c(C#N)c1OC(=O)c1ccccc1Cl. The van der Waals surface area contributed by atoms with Crippen molar-refractivity contribution in [2.45, 2.75) is 20.8 Å². The van der Waals surface area contributed by atoms with Crippen LogP contribution in [0.4, 0.5) is 0 Å². The fourth-order valence-electron chi connectivity index (χ4n) is 2.17. The number of aryl methyl sites for hydroxylation is 1. The van der Waals surface area contributed by atoms with Gasteiger partial charge in [0.2, 0.25) is 0 Å². The van der Waals surface area contributed by atoms with Gasteiger partial charge in [-0.05, 0) is 50.1 Å². The molecule has 0 aliphatic heterocycles. The van der Waals surface area contributed by atoms with E-state index in [1.165, 1.54) is 13.0 Å². The van der Waals surface area contributed by atoms with Crippen molar-refractivity contribution in [2.75, 3.05) is 0 Å². The highest BCUT2D eigenvalue weighted by atomic mass is 35.5. The third-order valence-corrected chi connectivity index (χ3v) is 3.91. The zero-order chi connectivity index (χ0) is 17.1. The second kappa shape index (κ2) is 6.64. The molecule has 4 nitrogen and oxygen atoms in total. The first-order chi connectivity index (χ1) is 10.9. The van der Waals surface area contributed by atoms with Gasteiger partial charge in [-0.1, -0.05) is 23.7 Å². The zero-order valence-corrected chi connectivity index (χ0v) is 13.7. The summed E-state index contributed by atoms with van der Waals surface area (Å²) in [6, 6.07) is 10.1. The van der Waals surface area contributed by atoms with Gasteiger partial charge in [-0.2, -0.15) is 5.26 Å². The lowest BCUT2D eigenvalue weighted by Crippen LogP contribution is -2.13. The lowest BCUT2D eigenvalue weighted by molar-refractivity contribution is 0.0732. The van der Waals surface area contributed by atoms with Crippen molar-refractivity contribution < 1.29 is 14.3 Å². The van der Waals surface area contributed by atoms with E-state index in [2.05, 4.69) is 0 Å². The van der Waals surface area contributed by atoms with E-state index >= 15 is 0 Å². The highest BCUT2D eigenvalue weighted by Gasteiger charge is 2.22. The summed E-state index contributed by atoms with van der Waals surface area (Å²) in [5.74, 6) is -1.02. The van der Waals surface area contributed by atoms with Crippen LogP contribution in [0, 0.1) is 25.2 Å². The standard InChI is InChI=1S/C18H14ClNO3/c1-10-8-14(12(3)21)17(15(9-20)11(10)2)23-18(22)13-6-4-5-7-16(13)19/h4-8H,1-3H3. The molecule has 0 atom stereocenters. The number of ether oxygens (including phenoxy) is 1. The molecule has 0 amide bonds. The van der Waals surface area contributed by atoms with Crippen molar-refractivity contribution >= 4 is 23.4 Å². The first kappa shape index (κ1) is 16.7. The second-order valence-corrected chi connectivity index (χ2v) is 5.51. The quantitative estimate of drug-likeness (QED) is 0.480. The number of Topliss-reactive ketones (excluding diaryl/α,β-unsaturated/α-hetero) is 1. The van der Waals surface area contributed by atoms with Crippen LogP contribution >= 0.6 is 11.6 Å². The van der Waals surface area contributed by atoms with Crippen LogP contribution in [0.5, 0.6) is 5.75 Å². The summed E-state index contributed by atoms with van der Waals surface area (Å²) in [5, 5.41) is 9.63. The van der Waals surface area contributed by atoms with E-state index in [0.29, 0.717) is 5.56 Å². The molecule has 2 rings (SSSR count). The van der Waals surface area contributed by atoms with E-state index in [4.69, 9.17) is 16.3 Å². The van der Waals surface area contributed by atoms with Crippen LogP contribution < -0.4 is 4.74 Å². The first-order valence-electron chi connectivity index (χ1n) is 6.88. The second-order valence-electron chi connectivity index (χ2n) is 5.11. The largest absolute Gasteiger partial charge is 0.421 e. The molecule has 0 heterocycles. The molecule has 0 bridgehead atoms. The Hall–Kier alpha value is -2.64.